The van der Waals surface area contributed by atoms with Gasteiger partial charge < -0.3 is 9.47 Å². The van der Waals surface area contributed by atoms with Crippen LogP contribution in [-0.4, -0.2) is 40.6 Å². The molecule has 2 aromatic rings. The molecule has 1 aliphatic rings. The molecule has 0 spiro atoms. The summed E-state index contributed by atoms with van der Waals surface area (Å²) in [5, 5.41) is 0.814. The van der Waals surface area contributed by atoms with Crippen molar-refractivity contribution < 1.29 is 0 Å². The molecule has 0 aliphatic carbocycles. The van der Waals surface area contributed by atoms with Gasteiger partial charge in [0.2, 0.25) is 5.95 Å². The van der Waals surface area contributed by atoms with Crippen LogP contribution in [-0.2, 0) is 13.6 Å². The van der Waals surface area contributed by atoms with Crippen molar-refractivity contribution in [1.82, 2.24) is 14.5 Å². The Kier molecular flexibility index (Phi) is 7.49. The van der Waals surface area contributed by atoms with Gasteiger partial charge in [0, 0.05) is 57.2 Å². The first-order valence-corrected chi connectivity index (χ1v) is 7.29. The SMILES string of the molecule is Cl.Cl.Cn1ccnc1N1CCN(Cc2cccc(Cl)c2)CC1. The Bertz CT molecular complexity index is 580. The fourth-order valence-corrected chi connectivity index (χ4v) is 2.87. The molecule has 22 heavy (non-hydrogen) atoms. The number of hydrogen-bond donors (Lipinski definition) is 0. The fraction of sp³-hybridized carbons (Fsp3) is 0.400. The lowest BCUT2D eigenvalue weighted by atomic mass is 10.2. The Labute approximate surface area is 148 Å². The van der Waals surface area contributed by atoms with Crippen molar-refractivity contribution in [1.29, 1.82) is 0 Å². The number of imidazole rings is 1. The first-order valence-electron chi connectivity index (χ1n) is 6.91. The van der Waals surface area contributed by atoms with Crippen molar-refractivity contribution in [3.63, 3.8) is 0 Å². The van der Waals surface area contributed by atoms with Crippen LogP contribution in [0, 0.1) is 0 Å². The highest BCUT2D eigenvalue weighted by atomic mass is 35.5. The third-order valence-electron chi connectivity index (χ3n) is 3.75. The lowest BCUT2D eigenvalue weighted by molar-refractivity contribution is 0.248. The van der Waals surface area contributed by atoms with Gasteiger partial charge in [-0.1, -0.05) is 23.7 Å². The van der Waals surface area contributed by atoms with Crippen LogP contribution in [0.25, 0.3) is 0 Å². The molecular formula is C15H21Cl3N4. The molecule has 0 radical (unpaired) electrons. The van der Waals surface area contributed by atoms with E-state index in [9.17, 15) is 0 Å². The Morgan fingerprint density at radius 2 is 1.86 bits per heavy atom. The van der Waals surface area contributed by atoms with E-state index in [1.807, 2.05) is 37.6 Å². The molecule has 7 heteroatoms. The molecule has 0 atom stereocenters. The lowest BCUT2D eigenvalue weighted by Crippen LogP contribution is -2.46. The van der Waals surface area contributed by atoms with E-state index in [2.05, 4.69) is 25.4 Å². The zero-order valence-corrected chi connectivity index (χ0v) is 14.9. The van der Waals surface area contributed by atoms with E-state index in [0.717, 1.165) is 43.7 Å². The first kappa shape index (κ1) is 19.1. The van der Waals surface area contributed by atoms with Crippen molar-refractivity contribution in [3.05, 3.63) is 47.2 Å². The topological polar surface area (TPSA) is 24.3 Å². The molecule has 0 saturated carbocycles. The van der Waals surface area contributed by atoms with Gasteiger partial charge in [0.15, 0.2) is 0 Å². The second kappa shape index (κ2) is 8.63. The smallest absolute Gasteiger partial charge is 0.205 e. The minimum absolute atomic E-state index is 0. The van der Waals surface area contributed by atoms with Crippen molar-refractivity contribution in [3.8, 4) is 0 Å². The number of aromatic nitrogens is 2. The van der Waals surface area contributed by atoms with Gasteiger partial charge in [-0.05, 0) is 17.7 Å². The molecule has 4 nitrogen and oxygen atoms in total. The largest absolute Gasteiger partial charge is 0.340 e. The molecule has 1 aliphatic heterocycles. The summed E-state index contributed by atoms with van der Waals surface area (Å²) in [6.07, 6.45) is 3.85. The average molecular weight is 364 g/mol. The summed E-state index contributed by atoms with van der Waals surface area (Å²) in [6, 6.07) is 8.12. The Hall–Kier alpha value is -0.940. The van der Waals surface area contributed by atoms with E-state index in [4.69, 9.17) is 11.6 Å². The zero-order chi connectivity index (χ0) is 13.9. The average Bonchev–Trinajstić information content (AvgIpc) is 2.86. The van der Waals surface area contributed by atoms with Gasteiger partial charge in [0.25, 0.3) is 0 Å². The van der Waals surface area contributed by atoms with E-state index in [0.29, 0.717) is 0 Å². The molecule has 2 heterocycles. The van der Waals surface area contributed by atoms with Gasteiger partial charge in [-0.3, -0.25) is 4.90 Å². The monoisotopic (exact) mass is 362 g/mol. The zero-order valence-electron chi connectivity index (χ0n) is 12.5. The summed E-state index contributed by atoms with van der Waals surface area (Å²) in [4.78, 5) is 9.22. The minimum Gasteiger partial charge on any atom is -0.340 e. The minimum atomic E-state index is 0. The molecule has 1 aromatic heterocycles. The van der Waals surface area contributed by atoms with E-state index >= 15 is 0 Å². The third kappa shape index (κ3) is 4.53. The molecule has 0 bridgehead atoms. The molecule has 0 amide bonds. The van der Waals surface area contributed by atoms with Gasteiger partial charge in [0.1, 0.15) is 0 Å². The summed E-state index contributed by atoms with van der Waals surface area (Å²) in [5.74, 6) is 1.06. The van der Waals surface area contributed by atoms with Crippen molar-refractivity contribution in [2.45, 2.75) is 6.54 Å². The number of rotatable bonds is 3. The highest BCUT2D eigenvalue weighted by Crippen LogP contribution is 2.16. The quantitative estimate of drug-likeness (QED) is 0.836. The van der Waals surface area contributed by atoms with Gasteiger partial charge in [0.05, 0.1) is 0 Å². The van der Waals surface area contributed by atoms with E-state index in [1.165, 1.54) is 5.56 Å². The second-order valence-corrected chi connectivity index (χ2v) is 5.67. The van der Waals surface area contributed by atoms with Crippen LogP contribution < -0.4 is 4.90 Å². The van der Waals surface area contributed by atoms with Crippen LogP contribution in [0.4, 0.5) is 5.95 Å². The highest BCUT2D eigenvalue weighted by Gasteiger charge is 2.19. The Balaban J connectivity index is 0.00000121. The third-order valence-corrected chi connectivity index (χ3v) is 3.98. The normalized spacial score (nSPS) is 15.1. The predicted molar refractivity (Wildman–Crippen MR) is 96.6 cm³/mol. The summed E-state index contributed by atoms with van der Waals surface area (Å²) >= 11 is 6.03. The van der Waals surface area contributed by atoms with Gasteiger partial charge in [-0.15, -0.1) is 24.8 Å². The number of nitrogens with zero attached hydrogens (tertiary/aromatic N) is 4. The molecular weight excluding hydrogens is 343 g/mol. The fourth-order valence-electron chi connectivity index (χ4n) is 2.66. The Morgan fingerprint density at radius 3 is 2.45 bits per heavy atom. The van der Waals surface area contributed by atoms with Gasteiger partial charge >= 0.3 is 0 Å². The van der Waals surface area contributed by atoms with Crippen LogP contribution in [0.1, 0.15) is 5.56 Å². The van der Waals surface area contributed by atoms with Crippen LogP contribution >= 0.6 is 36.4 Å². The van der Waals surface area contributed by atoms with Gasteiger partial charge in [-0.25, -0.2) is 4.98 Å². The molecule has 1 aromatic carbocycles. The standard InChI is InChI=1S/C15H19ClN4.2ClH/c1-18-6-5-17-15(18)20-9-7-19(8-10-20)12-13-3-2-4-14(16)11-13;;/h2-6,11H,7-10,12H2,1H3;2*1H. The van der Waals surface area contributed by atoms with Crippen LogP contribution in [0.5, 0.6) is 0 Å². The highest BCUT2D eigenvalue weighted by molar-refractivity contribution is 6.30. The number of aryl methyl sites for hydroxylation is 1. The predicted octanol–water partition coefficient (Wildman–Crippen LogP) is 3.24. The molecule has 0 N–H and O–H groups in total. The van der Waals surface area contributed by atoms with E-state index in [1.54, 1.807) is 0 Å². The van der Waals surface area contributed by atoms with Crippen LogP contribution in [0.2, 0.25) is 5.02 Å². The van der Waals surface area contributed by atoms with Gasteiger partial charge in [-0.2, -0.15) is 0 Å². The van der Waals surface area contributed by atoms with Crippen LogP contribution in [0.15, 0.2) is 36.7 Å². The molecule has 1 saturated heterocycles. The van der Waals surface area contributed by atoms with E-state index < -0.39 is 0 Å². The summed E-state index contributed by atoms with van der Waals surface area (Å²) in [6.45, 7) is 5.12. The first-order chi connectivity index (χ1) is 9.72. The Morgan fingerprint density at radius 1 is 1.14 bits per heavy atom. The maximum absolute atomic E-state index is 6.03. The number of anilines is 1. The van der Waals surface area contributed by atoms with Crippen molar-refractivity contribution in [2.75, 3.05) is 31.1 Å². The molecule has 0 unspecified atom stereocenters. The summed E-state index contributed by atoms with van der Waals surface area (Å²) in [5.41, 5.74) is 1.28. The van der Waals surface area contributed by atoms with Crippen LogP contribution in [0.3, 0.4) is 0 Å². The maximum atomic E-state index is 6.03. The van der Waals surface area contributed by atoms with E-state index in [-0.39, 0.29) is 24.8 Å². The summed E-state index contributed by atoms with van der Waals surface area (Å²) in [7, 11) is 2.04. The molecule has 122 valence electrons. The number of piperazine rings is 1. The second-order valence-electron chi connectivity index (χ2n) is 5.23. The maximum Gasteiger partial charge on any atom is 0.205 e. The number of halogens is 3. The number of benzene rings is 1. The van der Waals surface area contributed by atoms with Crippen molar-refractivity contribution in [2.24, 2.45) is 7.05 Å². The lowest BCUT2D eigenvalue weighted by Gasteiger charge is -2.35. The number of hydrogen-bond acceptors (Lipinski definition) is 3. The summed E-state index contributed by atoms with van der Waals surface area (Å²) < 4.78 is 2.08. The molecule has 1 fully saturated rings. The molecule has 3 rings (SSSR count). The van der Waals surface area contributed by atoms with Crippen molar-refractivity contribution >= 4 is 42.4 Å².